The molecule has 61 heavy (non-hydrogen) atoms. The van der Waals surface area contributed by atoms with E-state index in [1.54, 1.807) is 0 Å². The first-order chi connectivity index (χ1) is 30.2. The lowest BCUT2D eigenvalue weighted by molar-refractivity contribution is 0.649. The predicted octanol–water partition coefficient (Wildman–Crippen LogP) is 13.6. The zero-order valence-corrected chi connectivity index (χ0v) is 32.1. The first-order valence-electron chi connectivity index (χ1n) is 19.9. The van der Waals surface area contributed by atoms with Crippen LogP contribution in [-0.2, 0) is 0 Å². The molecule has 0 saturated carbocycles. The van der Waals surface area contributed by atoms with Crippen molar-refractivity contribution in [3.63, 3.8) is 0 Å². The van der Waals surface area contributed by atoms with E-state index in [2.05, 4.69) is 89.8 Å². The van der Waals surface area contributed by atoms with Crippen LogP contribution in [0.5, 0.6) is 0 Å². The summed E-state index contributed by atoms with van der Waals surface area (Å²) in [6.45, 7) is 0. The Morgan fingerprint density at radius 1 is 0.344 bits per heavy atom. The van der Waals surface area contributed by atoms with Crippen LogP contribution in [-0.4, -0.2) is 25.4 Å². The molecule has 5 aromatic heterocycles. The molecule has 0 amide bonds. The van der Waals surface area contributed by atoms with Gasteiger partial charge in [-0.1, -0.05) is 109 Å². The average Bonchev–Trinajstić information content (AvgIpc) is 3.99. The molecule has 0 aliphatic carbocycles. The van der Waals surface area contributed by atoms with Gasteiger partial charge in [0.1, 0.15) is 22.3 Å². The Morgan fingerprint density at radius 2 is 0.852 bits per heavy atom. The van der Waals surface area contributed by atoms with Crippen LogP contribution in [0, 0.1) is 0 Å². The monoisotopic (exact) mass is 787 g/mol. The molecule has 10 nitrogen and oxygen atoms in total. The Balaban J connectivity index is 0.981. The zero-order chi connectivity index (χ0) is 40.0. The van der Waals surface area contributed by atoms with E-state index in [0.29, 0.717) is 28.4 Å². The molecule has 286 valence electrons. The van der Waals surface area contributed by atoms with Crippen LogP contribution >= 0.6 is 0 Å². The van der Waals surface area contributed by atoms with Crippen molar-refractivity contribution in [2.75, 3.05) is 9.80 Å². The number of nitrogens with zero attached hydrogens (tertiary/aromatic N) is 7. The lowest BCUT2D eigenvalue weighted by Crippen LogP contribution is -2.14. The first-order valence-corrected chi connectivity index (χ1v) is 19.9. The molecule has 0 saturated heterocycles. The molecule has 0 bridgehead atoms. The molecule has 5 heterocycles. The van der Waals surface area contributed by atoms with Crippen molar-refractivity contribution in [1.82, 2.24) is 25.4 Å². The van der Waals surface area contributed by atoms with E-state index in [9.17, 15) is 0 Å². The quantitative estimate of drug-likeness (QED) is 0.161. The van der Waals surface area contributed by atoms with Crippen LogP contribution < -0.4 is 9.80 Å². The number of hydrogen-bond donors (Lipinski definition) is 0. The van der Waals surface area contributed by atoms with Crippen LogP contribution in [0.3, 0.4) is 0 Å². The summed E-state index contributed by atoms with van der Waals surface area (Å²) in [5.74, 6) is 0.867. The first kappa shape index (κ1) is 33.4. The summed E-state index contributed by atoms with van der Waals surface area (Å²) in [6.07, 6.45) is 0. The SMILES string of the molecule is c1ccc2c(N(c3ccc4c(c3)oc3ccccc34)c3cc4oc5nc(N(c6ccc7c(c6)oc6ccccc67)c6cccc7ccccc67)nnc5c4nn3)cccc2c1. The minimum Gasteiger partial charge on any atom is -0.456 e. The van der Waals surface area contributed by atoms with Gasteiger partial charge in [-0.3, -0.25) is 9.80 Å². The Labute approximate surface area is 345 Å². The largest absolute Gasteiger partial charge is 0.456 e. The highest BCUT2D eigenvalue weighted by Gasteiger charge is 2.25. The van der Waals surface area contributed by atoms with Crippen molar-refractivity contribution in [2.24, 2.45) is 0 Å². The average molecular weight is 788 g/mol. The fraction of sp³-hybridized carbons (Fsp3) is 0. The van der Waals surface area contributed by atoms with Gasteiger partial charge in [0, 0.05) is 50.5 Å². The molecule has 13 aromatic rings. The Bertz CT molecular complexity index is 3630. The summed E-state index contributed by atoms with van der Waals surface area (Å²) in [6, 6.07) is 59.3. The molecule has 0 radical (unpaired) electrons. The second-order valence-electron chi connectivity index (χ2n) is 15.0. The van der Waals surface area contributed by atoms with E-state index in [4.69, 9.17) is 38.6 Å². The third-order valence-corrected chi connectivity index (χ3v) is 11.5. The van der Waals surface area contributed by atoms with Crippen LogP contribution in [0.1, 0.15) is 0 Å². The highest BCUT2D eigenvalue weighted by Crippen LogP contribution is 2.43. The van der Waals surface area contributed by atoms with Gasteiger partial charge in [-0.15, -0.1) is 20.4 Å². The Kier molecular flexibility index (Phi) is 7.07. The van der Waals surface area contributed by atoms with Gasteiger partial charge in [0.05, 0.1) is 22.7 Å². The van der Waals surface area contributed by atoms with Crippen molar-refractivity contribution in [2.45, 2.75) is 0 Å². The summed E-state index contributed by atoms with van der Waals surface area (Å²) in [4.78, 5) is 9.11. The molecule has 8 aromatic carbocycles. The van der Waals surface area contributed by atoms with E-state index in [1.165, 1.54) is 0 Å². The number of aromatic nitrogens is 5. The molecule has 0 unspecified atom stereocenters. The smallest absolute Gasteiger partial charge is 0.257 e. The van der Waals surface area contributed by atoms with Crippen molar-refractivity contribution < 1.29 is 13.3 Å². The Morgan fingerprint density at radius 3 is 1.49 bits per heavy atom. The molecule has 0 fully saturated rings. The van der Waals surface area contributed by atoms with Gasteiger partial charge < -0.3 is 13.3 Å². The van der Waals surface area contributed by atoms with Crippen LogP contribution in [0.2, 0.25) is 0 Å². The molecular weight excluding hydrogens is 759 g/mol. The maximum atomic E-state index is 6.57. The van der Waals surface area contributed by atoms with Gasteiger partial charge in [-0.05, 0) is 59.3 Å². The fourth-order valence-corrected chi connectivity index (χ4v) is 8.71. The van der Waals surface area contributed by atoms with Crippen molar-refractivity contribution in [3.05, 3.63) is 176 Å². The molecule has 0 N–H and O–H groups in total. The van der Waals surface area contributed by atoms with Gasteiger partial charge >= 0.3 is 0 Å². The molecule has 0 aliphatic rings. The van der Waals surface area contributed by atoms with Crippen LogP contribution in [0.25, 0.3) is 87.8 Å². The topological polar surface area (TPSA) is 110 Å². The summed E-state index contributed by atoms with van der Waals surface area (Å²) >= 11 is 0. The summed E-state index contributed by atoms with van der Waals surface area (Å²) in [5.41, 5.74) is 8.22. The number of fused-ring (bicyclic) bond motifs is 11. The highest BCUT2D eigenvalue weighted by atomic mass is 16.3. The number of para-hydroxylation sites is 2. The van der Waals surface area contributed by atoms with Crippen molar-refractivity contribution in [3.8, 4) is 0 Å². The number of benzene rings is 8. The van der Waals surface area contributed by atoms with E-state index in [1.807, 2.05) is 95.9 Å². The van der Waals surface area contributed by atoms with Gasteiger partial charge in [0.15, 0.2) is 22.4 Å². The second-order valence-corrected chi connectivity index (χ2v) is 15.0. The number of furan rings is 3. The molecule has 10 heteroatoms. The molecular formula is C51H29N7O3. The lowest BCUT2D eigenvalue weighted by Gasteiger charge is -2.25. The molecule has 13 rings (SSSR count). The van der Waals surface area contributed by atoms with E-state index in [-0.39, 0.29) is 5.71 Å². The summed E-state index contributed by atoms with van der Waals surface area (Å²) in [5, 5.41) is 27.4. The lowest BCUT2D eigenvalue weighted by atomic mass is 10.1. The summed E-state index contributed by atoms with van der Waals surface area (Å²) in [7, 11) is 0. The third-order valence-electron chi connectivity index (χ3n) is 11.5. The number of anilines is 6. The van der Waals surface area contributed by atoms with Crippen molar-refractivity contribution in [1.29, 1.82) is 0 Å². The minimum atomic E-state index is 0.280. The maximum absolute atomic E-state index is 6.57. The number of rotatable bonds is 6. The predicted molar refractivity (Wildman–Crippen MR) is 242 cm³/mol. The maximum Gasteiger partial charge on any atom is 0.257 e. The fourth-order valence-electron chi connectivity index (χ4n) is 8.71. The molecule has 0 spiro atoms. The zero-order valence-electron chi connectivity index (χ0n) is 32.1. The number of hydrogen-bond acceptors (Lipinski definition) is 10. The van der Waals surface area contributed by atoms with Crippen molar-refractivity contribution >= 4 is 122 Å². The third kappa shape index (κ3) is 5.19. The summed E-state index contributed by atoms with van der Waals surface area (Å²) < 4.78 is 19.3. The van der Waals surface area contributed by atoms with E-state index >= 15 is 0 Å². The van der Waals surface area contributed by atoms with Gasteiger partial charge in [0.2, 0.25) is 0 Å². The highest BCUT2D eigenvalue weighted by molar-refractivity contribution is 6.09. The second kappa shape index (κ2) is 12.9. The van der Waals surface area contributed by atoms with Crippen LogP contribution in [0.4, 0.5) is 34.5 Å². The molecule has 0 aliphatic heterocycles. The van der Waals surface area contributed by atoms with Gasteiger partial charge in [-0.25, -0.2) is 0 Å². The molecule has 0 atom stereocenters. The van der Waals surface area contributed by atoms with Gasteiger partial charge in [-0.2, -0.15) is 4.98 Å². The standard InChI is InChI=1S/C51H29N7O3/c1-3-15-34-30(11-1)13-9-19-40(34)57(32-23-25-38-36-17-5-7-21-42(36)59-44(38)27-32)47-29-46-48(54-53-47)49-50(61-46)52-51(56-55-49)58(41-20-10-14-31-12-2-4-16-35(31)41)33-24-26-39-37-18-6-8-22-43(37)60-45(39)28-33/h1-29H. The van der Waals surface area contributed by atoms with Gasteiger partial charge in [0.25, 0.3) is 11.7 Å². The Hall–Kier alpha value is -8.63. The van der Waals surface area contributed by atoms with Crippen LogP contribution in [0.15, 0.2) is 189 Å². The minimum absolute atomic E-state index is 0.280. The van der Waals surface area contributed by atoms with E-state index in [0.717, 1.165) is 88.2 Å². The van der Waals surface area contributed by atoms with E-state index < -0.39 is 0 Å². The normalized spacial score (nSPS) is 11.9.